The largest absolute Gasteiger partial charge is 0.394 e. The second kappa shape index (κ2) is 6.71. The van der Waals surface area contributed by atoms with Gasteiger partial charge in [0.05, 0.1) is 12.8 Å². The van der Waals surface area contributed by atoms with Crippen molar-refractivity contribution in [2.45, 2.75) is 29.8 Å². The Morgan fingerprint density at radius 1 is 1.52 bits per heavy atom. The Hall–Kier alpha value is -1.20. The lowest BCUT2D eigenvalue weighted by Gasteiger charge is -2.41. The number of aromatic nitrogens is 3. The molecular formula is C11H18N4O5S. The molecule has 0 aromatic carbocycles. The number of carbonyl (C=O) groups is 1. The number of aliphatic hydroxyl groups excluding tert-OH is 3. The SMILES string of the molecule is CNC(=O)c1cn(C2C(O)[C@H](SC)OC(CO)[C@@H]2O)nn1. The van der Waals surface area contributed by atoms with E-state index >= 15 is 0 Å². The number of carbonyl (C=O) groups excluding carboxylic acids is 1. The highest BCUT2D eigenvalue weighted by Gasteiger charge is 2.45. The number of nitrogens with one attached hydrogen (secondary N) is 1. The van der Waals surface area contributed by atoms with E-state index in [4.69, 9.17) is 4.74 Å². The lowest BCUT2D eigenvalue weighted by molar-refractivity contribution is -0.178. The zero-order valence-electron chi connectivity index (χ0n) is 11.6. The van der Waals surface area contributed by atoms with Gasteiger partial charge in [-0.25, -0.2) is 4.68 Å². The van der Waals surface area contributed by atoms with E-state index in [2.05, 4.69) is 15.6 Å². The van der Waals surface area contributed by atoms with E-state index < -0.39 is 42.3 Å². The molecule has 1 fully saturated rings. The number of amides is 1. The third kappa shape index (κ3) is 3.04. The van der Waals surface area contributed by atoms with Gasteiger partial charge in [0.1, 0.15) is 29.8 Å². The fourth-order valence-corrected chi connectivity index (χ4v) is 2.92. The maximum absolute atomic E-state index is 11.5. The van der Waals surface area contributed by atoms with Gasteiger partial charge in [-0.15, -0.1) is 16.9 Å². The average molecular weight is 318 g/mol. The molecule has 1 aromatic rings. The summed E-state index contributed by atoms with van der Waals surface area (Å²) in [7, 11) is 1.46. The van der Waals surface area contributed by atoms with E-state index in [1.807, 2.05) is 0 Å². The van der Waals surface area contributed by atoms with Gasteiger partial charge in [0.15, 0.2) is 5.69 Å². The first-order valence-corrected chi connectivity index (χ1v) is 7.61. The molecule has 1 aliphatic rings. The van der Waals surface area contributed by atoms with Crippen molar-refractivity contribution in [1.82, 2.24) is 20.3 Å². The number of thioether (sulfide) groups is 1. The Morgan fingerprint density at radius 2 is 2.24 bits per heavy atom. The van der Waals surface area contributed by atoms with Gasteiger partial charge in [-0.3, -0.25) is 4.79 Å². The maximum Gasteiger partial charge on any atom is 0.273 e. The highest BCUT2D eigenvalue weighted by molar-refractivity contribution is 7.99. The van der Waals surface area contributed by atoms with Gasteiger partial charge in [0.2, 0.25) is 0 Å². The van der Waals surface area contributed by atoms with Crippen molar-refractivity contribution in [3.8, 4) is 0 Å². The molecule has 2 rings (SSSR count). The molecular weight excluding hydrogens is 300 g/mol. The second-order valence-corrected chi connectivity index (χ2v) is 5.53. The van der Waals surface area contributed by atoms with Gasteiger partial charge in [-0.1, -0.05) is 5.21 Å². The molecule has 0 aliphatic carbocycles. The Balaban J connectivity index is 2.29. The van der Waals surface area contributed by atoms with Crippen molar-refractivity contribution in [2.75, 3.05) is 19.9 Å². The number of hydrogen-bond acceptors (Lipinski definition) is 8. The summed E-state index contributed by atoms with van der Waals surface area (Å²) in [6, 6.07) is -0.862. The number of hydrogen-bond donors (Lipinski definition) is 4. The minimum absolute atomic E-state index is 0.0737. The Morgan fingerprint density at radius 3 is 2.81 bits per heavy atom. The van der Waals surface area contributed by atoms with Crippen LogP contribution in [0.5, 0.6) is 0 Å². The van der Waals surface area contributed by atoms with Gasteiger partial charge in [-0.05, 0) is 6.26 Å². The topological polar surface area (TPSA) is 130 Å². The Kier molecular flexibility index (Phi) is 5.17. The predicted molar refractivity (Wildman–Crippen MR) is 73.7 cm³/mol. The average Bonchev–Trinajstić information content (AvgIpc) is 2.96. The molecule has 1 aliphatic heterocycles. The maximum atomic E-state index is 11.5. The molecule has 1 saturated heterocycles. The first kappa shape index (κ1) is 16.2. The van der Waals surface area contributed by atoms with Crippen molar-refractivity contribution in [3.63, 3.8) is 0 Å². The summed E-state index contributed by atoms with van der Waals surface area (Å²) in [5.41, 5.74) is -0.548. The van der Waals surface area contributed by atoms with Crippen LogP contribution in [0.3, 0.4) is 0 Å². The quantitative estimate of drug-likeness (QED) is 0.501. The fourth-order valence-electron chi connectivity index (χ4n) is 2.23. The summed E-state index contributed by atoms with van der Waals surface area (Å²) in [4.78, 5) is 11.5. The van der Waals surface area contributed by atoms with E-state index in [1.54, 1.807) is 6.26 Å². The monoisotopic (exact) mass is 318 g/mol. The summed E-state index contributed by atoms with van der Waals surface area (Å²) >= 11 is 1.26. The molecule has 3 unspecified atom stereocenters. The molecule has 0 bridgehead atoms. The molecule has 4 N–H and O–H groups in total. The van der Waals surface area contributed by atoms with Crippen LogP contribution < -0.4 is 5.32 Å². The number of rotatable bonds is 4. The van der Waals surface area contributed by atoms with Crippen LogP contribution in [0.25, 0.3) is 0 Å². The predicted octanol–water partition coefficient (Wildman–Crippen LogP) is -2.02. The molecule has 1 amide bonds. The molecule has 2 heterocycles. The molecule has 0 spiro atoms. The van der Waals surface area contributed by atoms with Gasteiger partial charge in [-0.2, -0.15) is 0 Å². The van der Waals surface area contributed by atoms with Crippen LogP contribution in [0.1, 0.15) is 16.5 Å². The van der Waals surface area contributed by atoms with Crippen molar-refractivity contribution in [2.24, 2.45) is 0 Å². The van der Waals surface area contributed by atoms with Crippen LogP contribution in [0.15, 0.2) is 6.20 Å². The fraction of sp³-hybridized carbons (Fsp3) is 0.727. The third-order valence-electron chi connectivity index (χ3n) is 3.36. The molecule has 9 nitrogen and oxygen atoms in total. The third-order valence-corrected chi connectivity index (χ3v) is 4.21. The summed E-state index contributed by atoms with van der Waals surface area (Å²) in [5, 5.41) is 39.7. The van der Waals surface area contributed by atoms with Gasteiger partial charge in [0.25, 0.3) is 5.91 Å². The zero-order chi connectivity index (χ0) is 15.6. The number of nitrogens with zero attached hydrogens (tertiary/aromatic N) is 3. The highest BCUT2D eigenvalue weighted by Crippen LogP contribution is 2.33. The minimum Gasteiger partial charge on any atom is -0.394 e. The van der Waals surface area contributed by atoms with Crippen LogP contribution in [0.2, 0.25) is 0 Å². The molecule has 0 saturated carbocycles. The lowest BCUT2D eigenvalue weighted by atomic mass is 9.97. The Labute approximate surface area is 125 Å². The molecule has 0 radical (unpaired) electrons. The van der Waals surface area contributed by atoms with E-state index in [9.17, 15) is 20.1 Å². The number of ether oxygens (including phenoxy) is 1. The summed E-state index contributed by atoms with van der Waals surface area (Å²) < 4.78 is 6.64. The van der Waals surface area contributed by atoms with Crippen LogP contribution in [0.4, 0.5) is 0 Å². The van der Waals surface area contributed by atoms with Crippen LogP contribution in [0, 0.1) is 0 Å². The van der Waals surface area contributed by atoms with E-state index in [0.717, 1.165) is 0 Å². The van der Waals surface area contributed by atoms with Crippen molar-refractivity contribution < 1.29 is 24.9 Å². The van der Waals surface area contributed by atoms with Crippen LogP contribution >= 0.6 is 11.8 Å². The lowest BCUT2D eigenvalue weighted by Crippen LogP contribution is -2.54. The van der Waals surface area contributed by atoms with Crippen LogP contribution in [-0.4, -0.2) is 79.9 Å². The normalized spacial score (nSPS) is 32.9. The summed E-state index contributed by atoms with van der Waals surface area (Å²) in [6.45, 7) is -0.390. The van der Waals surface area contributed by atoms with Gasteiger partial charge < -0.3 is 25.4 Å². The smallest absolute Gasteiger partial charge is 0.273 e. The molecule has 1 aromatic heterocycles. The summed E-state index contributed by atoms with van der Waals surface area (Å²) in [5.74, 6) is -0.419. The molecule has 10 heteroatoms. The molecule has 5 atom stereocenters. The molecule has 118 valence electrons. The van der Waals surface area contributed by atoms with Gasteiger partial charge >= 0.3 is 0 Å². The summed E-state index contributed by atoms with van der Waals surface area (Å²) in [6.07, 6.45) is 0.00902. The van der Waals surface area contributed by atoms with Gasteiger partial charge in [0, 0.05) is 7.05 Å². The zero-order valence-corrected chi connectivity index (χ0v) is 12.4. The van der Waals surface area contributed by atoms with Crippen molar-refractivity contribution >= 4 is 17.7 Å². The Bertz CT molecular complexity index is 483. The minimum atomic E-state index is -1.17. The van der Waals surface area contributed by atoms with E-state index in [1.165, 1.54) is 29.7 Å². The highest BCUT2D eigenvalue weighted by atomic mass is 32.2. The van der Waals surface area contributed by atoms with E-state index in [-0.39, 0.29) is 5.69 Å². The first-order chi connectivity index (χ1) is 10.0. The standard InChI is InChI=1S/C11H18N4O5S/c1-12-10(19)5-3-15(14-13-5)7-8(17)6(4-16)20-11(21-2)9(7)18/h3,6-9,11,16-18H,4H2,1-2H3,(H,12,19)/t6?,7?,8-,9?,11-/m0/s1. The number of aliphatic hydroxyl groups is 3. The first-order valence-electron chi connectivity index (χ1n) is 6.32. The van der Waals surface area contributed by atoms with Crippen molar-refractivity contribution in [1.29, 1.82) is 0 Å². The molecule has 21 heavy (non-hydrogen) atoms. The van der Waals surface area contributed by atoms with Crippen LogP contribution in [-0.2, 0) is 4.74 Å². The van der Waals surface area contributed by atoms with Crippen molar-refractivity contribution in [3.05, 3.63) is 11.9 Å². The second-order valence-electron chi connectivity index (χ2n) is 4.60. The van der Waals surface area contributed by atoms with E-state index in [0.29, 0.717) is 0 Å².